The highest BCUT2D eigenvalue weighted by molar-refractivity contribution is 5.36. The summed E-state index contributed by atoms with van der Waals surface area (Å²) in [7, 11) is 3.38. The molecule has 0 heterocycles. The van der Waals surface area contributed by atoms with Crippen LogP contribution in [-0.2, 0) is 6.54 Å². The molecule has 3 heteroatoms. The van der Waals surface area contributed by atoms with Crippen LogP contribution in [-0.4, -0.2) is 14.2 Å². The highest BCUT2D eigenvalue weighted by atomic mass is 16.5. The van der Waals surface area contributed by atoms with Crippen molar-refractivity contribution in [1.29, 1.82) is 0 Å². The van der Waals surface area contributed by atoms with Crippen molar-refractivity contribution in [2.45, 2.75) is 26.4 Å². The van der Waals surface area contributed by atoms with Crippen LogP contribution in [0.4, 0.5) is 0 Å². The lowest BCUT2D eigenvalue weighted by atomic mass is 10.1. The third-order valence-electron chi connectivity index (χ3n) is 3.69. The number of ether oxygens (including phenoxy) is 2. The van der Waals surface area contributed by atoms with Gasteiger partial charge in [0, 0.05) is 12.6 Å². The minimum absolute atomic E-state index is 0.290. The van der Waals surface area contributed by atoms with Crippen molar-refractivity contribution in [3.05, 3.63) is 59.2 Å². The van der Waals surface area contributed by atoms with Crippen LogP contribution in [0.3, 0.4) is 0 Å². The molecule has 1 unspecified atom stereocenters. The first-order chi connectivity index (χ1) is 10.1. The SMILES string of the molecule is COc1ccc(C(C)NCc2ccc(OC)c(C)c2)cc1. The molecule has 0 aliphatic carbocycles. The molecule has 2 aromatic carbocycles. The van der Waals surface area contributed by atoms with Crippen molar-refractivity contribution in [2.24, 2.45) is 0 Å². The fourth-order valence-corrected chi connectivity index (χ4v) is 2.33. The first-order valence-electron chi connectivity index (χ1n) is 7.15. The van der Waals surface area contributed by atoms with Crippen LogP contribution in [0.2, 0.25) is 0 Å². The maximum absolute atomic E-state index is 5.28. The topological polar surface area (TPSA) is 30.5 Å². The number of nitrogens with one attached hydrogen (secondary N) is 1. The average molecular weight is 285 g/mol. The van der Waals surface area contributed by atoms with E-state index >= 15 is 0 Å². The smallest absolute Gasteiger partial charge is 0.121 e. The monoisotopic (exact) mass is 285 g/mol. The molecule has 0 fully saturated rings. The molecule has 0 saturated carbocycles. The van der Waals surface area contributed by atoms with E-state index < -0.39 is 0 Å². The van der Waals surface area contributed by atoms with E-state index in [0.29, 0.717) is 6.04 Å². The van der Waals surface area contributed by atoms with Gasteiger partial charge >= 0.3 is 0 Å². The lowest BCUT2D eigenvalue weighted by Gasteiger charge is -2.15. The predicted molar refractivity (Wildman–Crippen MR) is 86.0 cm³/mol. The third-order valence-corrected chi connectivity index (χ3v) is 3.69. The van der Waals surface area contributed by atoms with E-state index in [1.165, 1.54) is 11.1 Å². The fraction of sp³-hybridized carbons (Fsp3) is 0.333. The number of methoxy groups -OCH3 is 2. The minimum Gasteiger partial charge on any atom is -0.497 e. The molecule has 0 saturated heterocycles. The Balaban J connectivity index is 1.96. The first kappa shape index (κ1) is 15.4. The van der Waals surface area contributed by atoms with Crippen molar-refractivity contribution in [3.63, 3.8) is 0 Å². The second-order valence-corrected chi connectivity index (χ2v) is 5.18. The largest absolute Gasteiger partial charge is 0.497 e. The van der Waals surface area contributed by atoms with Crippen LogP contribution in [0.25, 0.3) is 0 Å². The summed E-state index contributed by atoms with van der Waals surface area (Å²) >= 11 is 0. The van der Waals surface area contributed by atoms with Gasteiger partial charge in [0.2, 0.25) is 0 Å². The van der Waals surface area contributed by atoms with E-state index in [-0.39, 0.29) is 0 Å². The molecule has 21 heavy (non-hydrogen) atoms. The van der Waals surface area contributed by atoms with E-state index in [4.69, 9.17) is 9.47 Å². The van der Waals surface area contributed by atoms with Gasteiger partial charge in [-0.25, -0.2) is 0 Å². The van der Waals surface area contributed by atoms with E-state index in [1.807, 2.05) is 18.2 Å². The molecule has 2 rings (SSSR count). The zero-order chi connectivity index (χ0) is 15.2. The van der Waals surface area contributed by atoms with E-state index in [2.05, 4.69) is 43.4 Å². The Bertz CT molecular complexity index is 578. The van der Waals surface area contributed by atoms with Crippen molar-refractivity contribution < 1.29 is 9.47 Å². The highest BCUT2D eigenvalue weighted by Crippen LogP contribution is 2.20. The van der Waals surface area contributed by atoms with Gasteiger partial charge in [0.05, 0.1) is 14.2 Å². The van der Waals surface area contributed by atoms with Crippen LogP contribution in [0.15, 0.2) is 42.5 Å². The quantitative estimate of drug-likeness (QED) is 0.874. The summed E-state index contributed by atoms with van der Waals surface area (Å²) in [4.78, 5) is 0. The third kappa shape index (κ3) is 3.99. The molecule has 0 aromatic heterocycles. The van der Waals surface area contributed by atoms with Gasteiger partial charge in [0.1, 0.15) is 11.5 Å². The Hall–Kier alpha value is -2.00. The molecule has 0 amide bonds. The van der Waals surface area contributed by atoms with Crippen LogP contribution >= 0.6 is 0 Å². The van der Waals surface area contributed by atoms with Gasteiger partial charge in [0.15, 0.2) is 0 Å². The number of rotatable bonds is 6. The first-order valence-corrected chi connectivity index (χ1v) is 7.15. The Morgan fingerprint density at radius 2 is 1.71 bits per heavy atom. The van der Waals surface area contributed by atoms with Gasteiger partial charge in [-0.2, -0.15) is 0 Å². The molecule has 2 aromatic rings. The predicted octanol–water partition coefficient (Wildman–Crippen LogP) is 3.86. The van der Waals surface area contributed by atoms with Crippen molar-refractivity contribution in [2.75, 3.05) is 14.2 Å². The summed E-state index contributed by atoms with van der Waals surface area (Å²) in [5.41, 5.74) is 3.67. The number of hydrogen-bond acceptors (Lipinski definition) is 3. The molecule has 0 bridgehead atoms. The van der Waals surface area contributed by atoms with Gasteiger partial charge in [-0.3, -0.25) is 0 Å². The van der Waals surface area contributed by atoms with Gasteiger partial charge in [-0.1, -0.05) is 24.3 Å². The molecule has 1 atom stereocenters. The summed E-state index contributed by atoms with van der Waals surface area (Å²) in [6, 6.07) is 14.7. The summed E-state index contributed by atoms with van der Waals surface area (Å²) in [6.45, 7) is 5.06. The Morgan fingerprint density at radius 1 is 1.00 bits per heavy atom. The molecule has 0 spiro atoms. The maximum atomic E-state index is 5.28. The maximum Gasteiger partial charge on any atom is 0.121 e. The fourth-order valence-electron chi connectivity index (χ4n) is 2.33. The summed E-state index contributed by atoms with van der Waals surface area (Å²) in [5, 5.41) is 3.54. The van der Waals surface area contributed by atoms with Crippen LogP contribution in [0, 0.1) is 6.92 Å². The Labute approximate surface area is 126 Å². The highest BCUT2D eigenvalue weighted by Gasteiger charge is 2.06. The van der Waals surface area contributed by atoms with Crippen molar-refractivity contribution in [1.82, 2.24) is 5.32 Å². The molecule has 1 N–H and O–H groups in total. The van der Waals surface area contributed by atoms with Gasteiger partial charge < -0.3 is 14.8 Å². The van der Waals surface area contributed by atoms with Crippen molar-refractivity contribution >= 4 is 0 Å². The zero-order valence-corrected chi connectivity index (χ0v) is 13.1. The van der Waals surface area contributed by atoms with E-state index in [1.54, 1.807) is 14.2 Å². The summed E-state index contributed by atoms with van der Waals surface area (Å²) < 4.78 is 10.5. The Kier molecular flexibility index (Phi) is 5.23. The lowest BCUT2D eigenvalue weighted by Crippen LogP contribution is -2.18. The van der Waals surface area contributed by atoms with E-state index in [0.717, 1.165) is 23.6 Å². The number of aryl methyl sites for hydroxylation is 1. The number of benzene rings is 2. The standard InChI is InChI=1S/C18H23NO2/c1-13-11-15(5-10-18(13)21-4)12-19-14(2)16-6-8-17(20-3)9-7-16/h5-11,14,19H,12H2,1-4H3. The van der Waals surface area contributed by atoms with Crippen LogP contribution < -0.4 is 14.8 Å². The molecule has 0 aliphatic heterocycles. The molecule has 0 aliphatic rings. The zero-order valence-electron chi connectivity index (χ0n) is 13.1. The normalized spacial score (nSPS) is 12.0. The summed E-state index contributed by atoms with van der Waals surface area (Å²) in [6.07, 6.45) is 0. The average Bonchev–Trinajstić information content (AvgIpc) is 2.52. The second kappa shape index (κ2) is 7.14. The molecular formula is C18H23NO2. The molecule has 3 nitrogen and oxygen atoms in total. The second-order valence-electron chi connectivity index (χ2n) is 5.18. The lowest BCUT2D eigenvalue weighted by molar-refractivity contribution is 0.411. The van der Waals surface area contributed by atoms with Crippen molar-refractivity contribution in [3.8, 4) is 11.5 Å². The van der Waals surface area contributed by atoms with Gasteiger partial charge in [-0.15, -0.1) is 0 Å². The molecule has 0 radical (unpaired) electrons. The minimum atomic E-state index is 0.290. The van der Waals surface area contributed by atoms with E-state index in [9.17, 15) is 0 Å². The Morgan fingerprint density at radius 3 is 2.29 bits per heavy atom. The molecular weight excluding hydrogens is 262 g/mol. The molecule has 112 valence electrons. The van der Waals surface area contributed by atoms with Gasteiger partial charge in [-0.05, 0) is 48.7 Å². The van der Waals surface area contributed by atoms with Gasteiger partial charge in [0.25, 0.3) is 0 Å². The van der Waals surface area contributed by atoms with Crippen LogP contribution in [0.1, 0.15) is 29.7 Å². The summed E-state index contributed by atoms with van der Waals surface area (Å²) in [5.74, 6) is 1.82. The van der Waals surface area contributed by atoms with Crippen LogP contribution in [0.5, 0.6) is 11.5 Å². The number of hydrogen-bond donors (Lipinski definition) is 1.